The largest absolute Gasteiger partial charge is 0.477 e. The molecular formula is C9H7BrN2O4S. The Morgan fingerprint density at radius 3 is 2.71 bits per heavy atom. The molecule has 8 heteroatoms. The van der Waals surface area contributed by atoms with Crippen molar-refractivity contribution in [3.63, 3.8) is 0 Å². The van der Waals surface area contributed by atoms with Gasteiger partial charge in [-0.05, 0) is 34.1 Å². The van der Waals surface area contributed by atoms with E-state index in [4.69, 9.17) is 9.66 Å². The standard InChI is InChI=1S/C9H7BrN2O4S/c10-5-1-4-2-8(9(13)14)11-6(4)3-7(5)12-17(15)16/h1-3,11-12H,(H,13,14)(H,15,16). The summed E-state index contributed by atoms with van der Waals surface area (Å²) in [6, 6.07) is 4.70. The molecule has 0 saturated heterocycles. The maximum atomic E-state index is 10.8. The molecule has 90 valence electrons. The first-order valence-corrected chi connectivity index (χ1v) is 6.30. The molecule has 0 aliphatic carbocycles. The molecule has 17 heavy (non-hydrogen) atoms. The Labute approximate surface area is 107 Å². The summed E-state index contributed by atoms with van der Waals surface area (Å²) in [6.07, 6.45) is 0. The van der Waals surface area contributed by atoms with Crippen LogP contribution in [0.4, 0.5) is 5.69 Å². The third kappa shape index (κ3) is 2.48. The summed E-state index contributed by atoms with van der Waals surface area (Å²) in [4.78, 5) is 13.5. The average Bonchev–Trinajstić information content (AvgIpc) is 2.60. The van der Waals surface area contributed by atoms with Gasteiger partial charge in [0.1, 0.15) is 5.69 Å². The Morgan fingerprint density at radius 1 is 1.41 bits per heavy atom. The smallest absolute Gasteiger partial charge is 0.352 e. The second kappa shape index (κ2) is 4.47. The predicted molar refractivity (Wildman–Crippen MR) is 67.4 cm³/mol. The number of aromatic carboxylic acids is 1. The van der Waals surface area contributed by atoms with E-state index in [1.807, 2.05) is 0 Å². The lowest BCUT2D eigenvalue weighted by molar-refractivity contribution is 0.0691. The molecule has 2 rings (SSSR count). The summed E-state index contributed by atoms with van der Waals surface area (Å²) in [6.45, 7) is 0. The zero-order valence-electron chi connectivity index (χ0n) is 8.23. The molecule has 1 aromatic heterocycles. The van der Waals surface area contributed by atoms with E-state index in [0.717, 1.165) is 0 Å². The van der Waals surface area contributed by atoms with Crippen LogP contribution in [0.15, 0.2) is 22.7 Å². The fraction of sp³-hybridized carbons (Fsp3) is 0. The molecule has 0 fully saturated rings. The number of halogens is 1. The van der Waals surface area contributed by atoms with Crippen molar-refractivity contribution in [1.82, 2.24) is 4.98 Å². The number of anilines is 1. The van der Waals surface area contributed by atoms with E-state index < -0.39 is 17.2 Å². The molecule has 1 aromatic carbocycles. The van der Waals surface area contributed by atoms with Crippen molar-refractivity contribution in [3.8, 4) is 0 Å². The number of benzene rings is 1. The van der Waals surface area contributed by atoms with E-state index in [1.54, 1.807) is 12.1 Å². The summed E-state index contributed by atoms with van der Waals surface area (Å²) >= 11 is 1.04. The zero-order chi connectivity index (χ0) is 12.6. The number of fused-ring (bicyclic) bond motifs is 1. The van der Waals surface area contributed by atoms with Gasteiger partial charge in [-0.25, -0.2) is 9.00 Å². The van der Waals surface area contributed by atoms with Gasteiger partial charge in [0.25, 0.3) is 11.3 Å². The van der Waals surface area contributed by atoms with E-state index in [-0.39, 0.29) is 5.69 Å². The van der Waals surface area contributed by atoms with E-state index in [2.05, 4.69) is 25.6 Å². The molecule has 0 saturated carbocycles. The molecule has 0 bridgehead atoms. The highest BCUT2D eigenvalue weighted by Gasteiger charge is 2.10. The molecule has 0 aliphatic rings. The summed E-state index contributed by atoms with van der Waals surface area (Å²) < 4.78 is 22.3. The molecule has 2 aromatic rings. The maximum absolute atomic E-state index is 10.8. The molecule has 1 unspecified atom stereocenters. The number of carbonyl (C=O) groups is 1. The average molecular weight is 319 g/mol. The monoisotopic (exact) mass is 318 g/mol. The minimum absolute atomic E-state index is 0.0640. The molecule has 1 atom stereocenters. The third-order valence-corrected chi connectivity index (χ3v) is 3.19. The number of aromatic amines is 1. The van der Waals surface area contributed by atoms with Crippen LogP contribution in [0.2, 0.25) is 0 Å². The van der Waals surface area contributed by atoms with Crippen molar-refractivity contribution in [3.05, 3.63) is 28.4 Å². The third-order valence-electron chi connectivity index (χ3n) is 2.14. The molecule has 6 nitrogen and oxygen atoms in total. The Hall–Kier alpha value is -1.38. The van der Waals surface area contributed by atoms with Crippen LogP contribution in [0.1, 0.15) is 10.5 Å². The highest BCUT2D eigenvalue weighted by Crippen LogP contribution is 2.29. The number of carboxylic acids is 1. The van der Waals surface area contributed by atoms with Crippen molar-refractivity contribution in [2.24, 2.45) is 0 Å². The number of hydrogen-bond donors (Lipinski definition) is 4. The van der Waals surface area contributed by atoms with Gasteiger partial charge in [-0.2, -0.15) is 0 Å². The zero-order valence-corrected chi connectivity index (χ0v) is 10.6. The van der Waals surface area contributed by atoms with Gasteiger partial charge in [0.05, 0.1) is 5.69 Å². The summed E-state index contributed by atoms with van der Waals surface area (Å²) in [5.74, 6) is -1.06. The second-order valence-corrected chi connectivity index (χ2v) is 4.82. The topological polar surface area (TPSA) is 102 Å². The summed E-state index contributed by atoms with van der Waals surface area (Å²) in [5, 5.41) is 9.52. The van der Waals surface area contributed by atoms with Crippen LogP contribution in [0.25, 0.3) is 10.9 Å². The van der Waals surface area contributed by atoms with E-state index in [0.29, 0.717) is 21.1 Å². The minimum atomic E-state index is -2.18. The van der Waals surface area contributed by atoms with Crippen LogP contribution in [-0.4, -0.2) is 24.8 Å². The van der Waals surface area contributed by atoms with E-state index in [9.17, 15) is 9.00 Å². The number of H-pyrrole nitrogens is 1. The van der Waals surface area contributed by atoms with Gasteiger partial charge in [0, 0.05) is 15.4 Å². The fourth-order valence-corrected chi connectivity index (χ4v) is 2.39. The number of hydrogen-bond acceptors (Lipinski definition) is 2. The normalized spacial score (nSPS) is 12.6. The van der Waals surface area contributed by atoms with Crippen LogP contribution in [-0.2, 0) is 11.3 Å². The highest BCUT2D eigenvalue weighted by atomic mass is 79.9. The van der Waals surface area contributed by atoms with Crippen LogP contribution in [0.3, 0.4) is 0 Å². The van der Waals surface area contributed by atoms with Crippen LogP contribution in [0, 0.1) is 0 Å². The van der Waals surface area contributed by atoms with Gasteiger partial charge in [0.15, 0.2) is 0 Å². The summed E-state index contributed by atoms with van der Waals surface area (Å²) in [7, 11) is 0. The molecule has 0 spiro atoms. The molecule has 1 heterocycles. The molecule has 0 radical (unpaired) electrons. The Balaban J connectivity index is 2.55. The van der Waals surface area contributed by atoms with Crippen molar-refractivity contribution in [1.29, 1.82) is 0 Å². The van der Waals surface area contributed by atoms with Crippen molar-refractivity contribution < 1.29 is 18.7 Å². The lowest BCUT2D eigenvalue weighted by Crippen LogP contribution is -2.02. The van der Waals surface area contributed by atoms with Crippen molar-refractivity contribution in [2.45, 2.75) is 0 Å². The lowest BCUT2D eigenvalue weighted by atomic mass is 10.2. The van der Waals surface area contributed by atoms with Crippen LogP contribution < -0.4 is 4.72 Å². The van der Waals surface area contributed by atoms with Crippen molar-refractivity contribution in [2.75, 3.05) is 4.72 Å². The van der Waals surface area contributed by atoms with Gasteiger partial charge in [-0.1, -0.05) is 0 Å². The van der Waals surface area contributed by atoms with Gasteiger partial charge >= 0.3 is 5.97 Å². The highest BCUT2D eigenvalue weighted by molar-refractivity contribution is 9.10. The Bertz CT molecular complexity index is 625. The van der Waals surface area contributed by atoms with Gasteiger partial charge in [0.2, 0.25) is 0 Å². The number of nitrogens with one attached hydrogen (secondary N) is 2. The summed E-state index contributed by atoms with van der Waals surface area (Å²) in [5.41, 5.74) is 1.03. The first-order chi connectivity index (χ1) is 7.97. The van der Waals surface area contributed by atoms with E-state index in [1.165, 1.54) is 6.07 Å². The van der Waals surface area contributed by atoms with Crippen molar-refractivity contribution >= 4 is 49.8 Å². The van der Waals surface area contributed by atoms with Gasteiger partial charge < -0.3 is 10.1 Å². The Kier molecular flexibility index (Phi) is 3.18. The van der Waals surface area contributed by atoms with Gasteiger partial charge in [-0.15, -0.1) is 0 Å². The SMILES string of the molecule is O=C(O)c1cc2cc(Br)c(NS(=O)O)cc2[nH]1. The first kappa shape index (κ1) is 12.1. The second-order valence-electron chi connectivity index (χ2n) is 3.26. The lowest BCUT2D eigenvalue weighted by Gasteiger charge is -2.04. The van der Waals surface area contributed by atoms with Gasteiger partial charge in [-0.3, -0.25) is 9.27 Å². The minimum Gasteiger partial charge on any atom is -0.477 e. The molecule has 0 aliphatic heterocycles. The molecule has 0 amide bonds. The van der Waals surface area contributed by atoms with Crippen LogP contribution >= 0.6 is 15.9 Å². The Morgan fingerprint density at radius 2 is 2.12 bits per heavy atom. The number of aromatic nitrogens is 1. The maximum Gasteiger partial charge on any atom is 0.352 e. The first-order valence-electron chi connectivity index (χ1n) is 4.40. The quantitative estimate of drug-likeness (QED) is 0.651. The molecule has 4 N–H and O–H groups in total. The number of rotatable bonds is 3. The van der Waals surface area contributed by atoms with Crippen LogP contribution in [0.5, 0.6) is 0 Å². The van der Waals surface area contributed by atoms with E-state index >= 15 is 0 Å². The molecular weight excluding hydrogens is 312 g/mol. The number of carboxylic acid groups (broad SMARTS) is 1. The predicted octanol–water partition coefficient (Wildman–Crippen LogP) is 2.18. The fourth-order valence-electron chi connectivity index (χ4n) is 1.44.